The lowest BCUT2D eigenvalue weighted by molar-refractivity contribution is -0.137. The number of carboxylic acids is 1. The lowest BCUT2D eigenvalue weighted by Gasteiger charge is -2.22. The van der Waals surface area contributed by atoms with Gasteiger partial charge in [0.05, 0.1) is 11.7 Å². The first kappa shape index (κ1) is 31.8. The Morgan fingerprint density at radius 2 is 1.38 bits per heavy atom. The van der Waals surface area contributed by atoms with E-state index >= 15 is 0 Å². The molecule has 0 bridgehead atoms. The third-order valence-electron chi connectivity index (χ3n) is 8.18. The molecule has 3 aromatic carbocycles. The van der Waals surface area contributed by atoms with Crippen LogP contribution in [0.2, 0.25) is 0 Å². The van der Waals surface area contributed by atoms with Gasteiger partial charge < -0.3 is 14.8 Å². The predicted octanol–water partition coefficient (Wildman–Crippen LogP) is 9.18. The van der Waals surface area contributed by atoms with Gasteiger partial charge in [-0.15, -0.1) is 0 Å². The summed E-state index contributed by atoms with van der Waals surface area (Å²) in [5.74, 6) is 0.307. The molecule has 2 N–H and O–H groups in total. The van der Waals surface area contributed by atoms with Crippen molar-refractivity contribution in [2.45, 2.75) is 65.8 Å². The number of hydrogen-bond acceptors (Lipinski definition) is 3. The molecule has 45 heavy (non-hydrogen) atoms. The molecule has 0 spiro atoms. The Morgan fingerprint density at radius 1 is 0.756 bits per heavy atom. The third-order valence-corrected chi connectivity index (χ3v) is 8.18. The Morgan fingerprint density at radius 3 is 1.96 bits per heavy atom. The number of ketones is 1. The molecule has 232 valence electrons. The van der Waals surface area contributed by atoms with Crippen molar-refractivity contribution >= 4 is 23.0 Å². The Kier molecular flexibility index (Phi) is 10.2. The molecule has 0 aliphatic heterocycles. The summed E-state index contributed by atoms with van der Waals surface area (Å²) in [5, 5.41) is 12.8. The fourth-order valence-electron chi connectivity index (χ4n) is 6.09. The van der Waals surface area contributed by atoms with Crippen molar-refractivity contribution in [2.75, 3.05) is 5.32 Å². The van der Waals surface area contributed by atoms with E-state index in [1.165, 1.54) is 22.3 Å². The fraction of sp³-hybridized carbons (Fsp3) is 0.300. The van der Waals surface area contributed by atoms with Crippen LogP contribution < -0.4 is 5.32 Å². The highest BCUT2D eigenvalue weighted by Crippen LogP contribution is 2.30. The van der Waals surface area contributed by atoms with Crippen LogP contribution in [-0.2, 0) is 24.1 Å². The smallest absolute Gasteiger partial charge is 0.303 e. The number of hydrogen-bond donors (Lipinski definition) is 2. The number of pyridine rings is 1. The molecule has 2 heterocycles. The quantitative estimate of drug-likeness (QED) is 0.125. The minimum Gasteiger partial charge on any atom is -0.481 e. The maximum absolute atomic E-state index is 13.9. The van der Waals surface area contributed by atoms with Gasteiger partial charge in [-0.3, -0.25) is 9.59 Å². The molecule has 0 saturated heterocycles. The van der Waals surface area contributed by atoms with Crippen LogP contribution in [0, 0.1) is 11.8 Å². The zero-order valence-corrected chi connectivity index (χ0v) is 26.8. The van der Waals surface area contributed by atoms with Gasteiger partial charge in [0, 0.05) is 29.4 Å². The van der Waals surface area contributed by atoms with Gasteiger partial charge in [-0.1, -0.05) is 94.4 Å². The molecule has 5 heteroatoms. The molecule has 5 aromatic rings. The number of carbonyl (C=O) groups excluding carboxylic acids is 1. The van der Waals surface area contributed by atoms with E-state index < -0.39 is 5.97 Å². The van der Waals surface area contributed by atoms with Crippen LogP contribution in [-0.4, -0.2) is 21.3 Å². The van der Waals surface area contributed by atoms with E-state index in [1.54, 1.807) is 0 Å². The van der Waals surface area contributed by atoms with E-state index in [9.17, 15) is 9.59 Å². The Hall–Kier alpha value is -4.64. The van der Waals surface area contributed by atoms with Crippen molar-refractivity contribution in [3.63, 3.8) is 0 Å². The summed E-state index contributed by atoms with van der Waals surface area (Å²) in [4.78, 5) is 25.0. The minimum absolute atomic E-state index is 0.0723. The van der Waals surface area contributed by atoms with Gasteiger partial charge >= 0.3 is 5.97 Å². The number of aliphatic carboxylic acids is 1. The molecule has 0 aliphatic rings. The number of carbonyl (C=O) groups is 2. The number of nitrogens with zero attached hydrogens (tertiary/aromatic N) is 1. The number of benzene rings is 3. The lowest BCUT2D eigenvalue weighted by atomic mass is 9.93. The summed E-state index contributed by atoms with van der Waals surface area (Å²) in [7, 11) is 0. The second-order valence-electron chi connectivity index (χ2n) is 12.9. The Labute approximate surface area is 266 Å². The number of anilines is 1. The Balaban J connectivity index is 1.44. The Bertz CT molecular complexity index is 1690. The fourth-order valence-corrected chi connectivity index (χ4v) is 6.09. The number of aryl methyl sites for hydroxylation is 1. The molecule has 0 aliphatic carbocycles. The molecular formula is C40H44N2O3. The van der Waals surface area contributed by atoms with Crippen molar-refractivity contribution in [3.8, 4) is 0 Å². The largest absolute Gasteiger partial charge is 0.481 e. The van der Waals surface area contributed by atoms with E-state index in [-0.39, 0.29) is 18.2 Å². The second-order valence-corrected chi connectivity index (χ2v) is 12.9. The molecule has 0 saturated carbocycles. The summed E-state index contributed by atoms with van der Waals surface area (Å²) in [6.45, 7) is 8.95. The van der Waals surface area contributed by atoms with Crippen LogP contribution in [0.3, 0.4) is 0 Å². The molecular weight excluding hydrogens is 556 g/mol. The van der Waals surface area contributed by atoms with Crippen molar-refractivity contribution in [1.82, 2.24) is 4.40 Å². The SMILES string of the molecule is CC(C)Cc1ccc(C(Nc2cccc(C(=O)c3cc(CCCC(=O)O)c4ccccn34)c2)c2ccc(CC(C)C)cc2)cc1. The maximum Gasteiger partial charge on any atom is 0.303 e. The topological polar surface area (TPSA) is 70.8 Å². The van der Waals surface area contributed by atoms with Crippen molar-refractivity contribution in [2.24, 2.45) is 11.8 Å². The predicted molar refractivity (Wildman–Crippen MR) is 183 cm³/mol. The van der Waals surface area contributed by atoms with E-state index in [1.807, 2.05) is 59.1 Å². The van der Waals surface area contributed by atoms with Gasteiger partial charge in [0.15, 0.2) is 0 Å². The molecule has 0 amide bonds. The van der Waals surface area contributed by atoms with E-state index in [2.05, 4.69) is 81.5 Å². The van der Waals surface area contributed by atoms with Crippen LogP contribution in [0.5, 0.6) is 0 Å². The van der Waals surface area contributed by atoms with Gasteiger partial charge in [0.25, 0.3) is 0 Å². The van der Waals surface area contributed by atoms with Crippen LogP contribution in [0.1, 0.15) is 90.4 Å². The molecule has 5 nitrogen and oxygen atoms in total. The molecule has 0 fully saturated rings. The summed E-state index contributed by atoms with van der Waals surface area (Å²) >= 11 is 0. The summed E-state index contributed by atoms with van der Waals surface area (Å²) in [6.07, 6.45) is 5.21. The highest BCUT2D eigenvalue weighted by Gasteiger charge is 2.19. The number of rotatable bonds is 14. The standard InChI is InChI=1S/C40H44N2O3/c1-27(2)23-29-14-18-31(19-15-29)39(32-20-16-30(17-21-32)24-28(3)4)41-35-11-7-10-34(25-35)40(45)37-26-33(9-8-13-38(43)44)36-12-5-6-22-42(36)37/h5-7,10-12,14-22,25-28,39,41H,8-9,13,23-24H2,1-4H3,(H,43,44). The van der Waals surface area contributed by atoms with Crippen molar-refractivity contribution in [1.29, 1.82) is 0 Å². The number of aromatic nitrogens is 1. The first-order chi connectivity index (χ1) is 21.7. The van der Waals surface area contributed by atoms with Crippen LogP contribution in [0.4, 0.5) is 5.69 Å². The summed E-state index contributed by atoms with van der Waals surface area (Å²) in [6, 6.07) is 33.1. The highest BCUT2D eigenvalue weighted by molar-refractivity contribution is 6.09. The maximum atomic E-state index is 13.9. The lowest BCUT2D eigenvalue weighted by Crippen LogP contribution is -2.13. The number of nitrogens with one attached hydrogen (secondary N) is 1. The average Bonchev–Trinajstić information content (AvgIpc) is 3.38. The zero-order valence-electron chi connectivity index (χ0n) is 26.8. The van der Waals surface area contributed by atoms with E-state index in [0.717, 1.165) is 29.6 Å². The van der Waals surface area contributed by atoms with Crippen LogP contribution >= 0.6 is 0 Å². The summed E-state index contributed by atoms with van der Waals surface area (Å²) < 4.78 is 1.92. The van der Waals surface area contributed by atoms with E-state index in [4.69, 9.17) is 5.11 Å². The number of carboxylic acid groups (broad SMARTS) is 1. The minimum atomic E-state index is -0.810. The van der Waals surface area contributed by atoms with Gasteiger partial charge in [-0.2, -0.15) is 0 Å². The first-order valence-electron chi connectivity index (χ1n) is 16.1. The van der Waals surface area contributed by atoms with Crippen molar-refractivity contribution in [3.05, 3.63) is 142 Å². The first-order valence-corrected chi connectivity index (χ1v) is 16.1. The normalized spacial score (nSPS) is 11.5. The third kappa shape index (κ3) is 8.10. The molecule has 0 unspecified atom stereocenters. The summed E-state index contributed by atoms with van der Waals surface area (Å²) in [5.41, 5.74) is 8.94. The van der Waals surface area contributed by atoms with Gasteiger partial charge in [-0.05, 0) is 95.7 Å². The molecule has 2 aromatic heterocycles. The molecule has 0 radical (unpaired) electrons. The second kappa shape index (κ2) is 14.4. The number of fused-ring (bicyclic) bond motifs is 1. The molecule has 5 rings (SSSR count). The van der Waals surface area contributed by atoms with Crippen LogP contribution in [0.25, 0.3) is 5.52 Å². The van der Waals surface area contributed by atoms with Gasteiger partial charge in [-0.25, -0.2) is 0 Å². The highest BCUT2D eigenvalue weighted by atomic mass is 16.4. The van der Waals surface area contributed by atoms with Crippen LogP contribution in [0.15, 0.2) is 103 Å². The monoisotopic (exact) mass is 600 g/mol. The van der Waals surface area contributed by atoms with Gasteiger partial charge in [0.2, 0.25) is 5.78 Å². The molecule has 0 atom stereocenters. The average molecular weight is 601 g/mol. The van der Waals surface area contributed by atoms with E-state index in [0.29, 0.717) is 35.9 Å². The van der Waals surface area contributed by atoms with Gasteiger partial charge in [0.1, 0.15) is 0 Å². The zero-order chi connectivity index (χ0) is 31.9. The van der Waals surface area contributed by atoms with Crippen molar-refractivity contribution < 1.29 is 14.7 Å².